The number of methoxy groups -OCH3 is 2. The molecule has 0 radical (unpaired) electrons. The van der Waals surface area contributed by atoms with Gasteiger partial charge in [-0.2, -0.15) is 0 Å². The van der Waals surface area contributed by atoms with Crippen LogP contribution in [0.3, 0.4) is 0 Å². The van der Waals surface area contributed by atoms with Crippen LogP contribution < -0.4 is 9.47 Å². The molecule has 0 amide bonds. The largest absolute Gasteiger partial charge is 0.497 e. The molecule has 0 spiro atoms. The van der Waals surface area contributed by atoms with Gasteiger partial charge >= 0.3 is 0 Å². The molecule has 0 saturated carbocycles. The molecule has 2 rings (SSSR count). The van der Waals surface area contributed by atoms with Gasteiger partial charge in [0, 0.05) is 5.56 Å². The normalized spacial score (nSPS) is 12.4. The van der Waals surface area contributed by atoms with Crippen molar-refractivity contribution in [3.63, 3.8) is 0 Å². The summed E-state index contributed by atoms with van der Waals surface area (Å²) in [4.78, 5) is 0. The molecule has 0 saturated heterocycles. The Labute approximate surface area is 133 Å². The van der Waals surface area contributed by atoms with E-state index in [-0.39, 0.29) is 0 Å². The van der Waals surface area contributed by atoms with Gasteiger partial charge in [0.2, 0.25) is 0 Å². The smallest absolute Gasteiger partial charge is 0.126 e. The van der Waals surface area contributed by atoms with Crippen molar-refractivity contribution < 1.29 is 9.47 Å². The first kappa shape index (κ1) is 16.2. The van der Waals surface area contributed by atoms with Crippen molar-refractivity contribution in [2.24, 2.45) is 0 Å². The van der Waals surface area contributed by atoms with Crippen LogP contribution in [0.4, 0.5) is 0 Å². The molecule has 0 N–H and O–H groups in total. The third-order valence-corrected chi connectivity index (χ3v) is 4.01. The number of hydrogen-bond acceptors (Lipinski definition) is 2. The molecular formula is C20H24O2. The van der Waals surface area contributed by atoms with Crippen molar-refractivity contribution in [1.82, 2.24) is 0 Å². The predicted molar refractivity (Wildman–Crippen MR) is 93.6 cm³/mol. The van der Waals surface area contributed by atoms with Crippen molar-refractivity contribution in [2.45, 2.75) is 26.2 Å². The maximum Gasteiger partial charge on any atom is 0.126 e. The topological polar surface area (TPSA) is 18.5 Å². The van der Waals surface area contributed by atoms with Gasteiger partial charge in [-0.05, 0) is 41.7 Å². The molecule has 0 fully saturated rings. The van der Waals surface area contributed by atoms with E-state index in [1.807, 2.05) is 18.2 Å². The molecule has 0 aliphatic carbocycles. The molecule has 0 heterocycles. The molecule has 0 aliphatic heterocycles. The van der Waals surface area contributed by atoms with Crippen molar-refractivity contribution in [1.29, 1.82) is 0 Å². The van der Waals surface area contributed by atoms with Crippen LogP contribution in [-0.2, 0) is 0 Å². The summed E-state index contributed by atoms with van der Waals surface area (Å²) in [5.74, 6) is 2.28. The van der Waals surface area contributed by atoms with Crippen LogP contribution >= 0.6 is 0 Å². The quantitative estimate of drug-likeness (QED) is 0.666. The van der Waals surface area contributed by atoms with Gasteiger partial charge in [-0.1, -0.05) is 50.3 Å². The maximum atomic E-state index is 5.39. The number of benzene rings is 2. The second-order valence-corrected chi connectivity index (χ2v) is 5.42. The lowest BCUT2D eigenvalue weighted by molar-refractivity contribution is 0.402. The fourth-order valence-corrected chi connectivity index (χ4v) is 2.33. The zero-order valence-corrected chi connectivity index (χ0v) is 13.8. The first-order valence-electron chi connectivity index (χ1n) is 7.68. The minimum atomic E-state index is 0.608. The van der Waals surface area contributed by atoms with Gasteiger partial charge in [-0.15, -0.1) is 0 Å². The van der Waals surface area contributed by atoms with E-state index in [0.29, 0.717) is 5.92 Å². The van der Waals surface area contributed by atoms with E-state index in [1.165, 1.54) is 11.1 Å². The fourth-order valence-electron chi connectivity index (χ4n) is 2.33. The summed E-state index contributed by atoms with van der Waals surface area (Å²) in [5.41, 5.74) is 3.57. The lowest BCUT2D eigenvalue weighted by Gasteiger charge is -2.09. The Morgan fingerprint density at radius 2 is 1.68 bits per heavy atom. The van der Waals surface area contributed by atoms with Gasteiger partial charge in [-0.25, -0.2) is 0 Å². The summed E-state index contributed by atoms with van der Waals surface area (Å²) in [6.07, 6.45) is 5.31. The molecule has 116 valence electrons. The molecule has 0 aliphatic rings. The van der Waals surface area contributed by atoms with Crippen LogP contribution in [0.1, 0.15) is 42.9 Å². The monoisotopic (exact) mass is 296 g/mol. The fraction of sp³-hybridized carbons (Fsp3) is 0.300. The number of ether oxygens (including phenoxy) is 2. The zero-order valence-electron chi connectivity index (χ0n) is 13.8. The van der Waals surface area contributed by atoms with Crippen LogP contribution in [0.25, 0.3) is 12.2 Å². The molecule has 22 heavy (non-hydrogen) atoms. The van der Waals surface area contributed by atoms with Crippen LogP contribution in [-0.4, -0.2) is 14.2 Å². The third-order valence-electron chi connectivity index (χ3n) is 4.01. The molecule has 2 nitrogen and oxygen atoms in total. The predicted octanol–water partition coefficient (Wildman–Crippen LogP) is 5.39. The average Bonchev–Trinajstić information content (AvgIpc) is 2.59. The van der Waals surface area contributed by atoms with Gasteiger partial charge < -0.3 is 9.47 Å². The lowest BCUT2D eigenvalue weighted by atomic mass is 9.97. The molecular weight excluding hydrogens is 272 g/mol. The highest BCUT2D eigenvalue weighted by atomic mass is 16.5. The van der Waals surface area contributed by atoms with E-state index in [1.54, 1.807) is 14.2 Å². The van der Waals surface area contributed by atoms with Crippen LogP contribution in [0.15, 0.2) is 42.5 Å². The van der Waals surface area contributed by atoms with Crippen molar-refractivity contribution >= 4 is 12.2 Å². The summed E-state index contributed by atoms with van der Waals surface area (Å²) in [6.45, 7) is 4.47. The van der Waals surface area contributed by atoms with Gasteiger partial charge in [0.1, 0.15) is 11.5 Å². The van der Waals surface area contributed by atoms with Gasteiger partial charge in [0.25, 0.3) is 0 Å². The lowest BCUT2D eigenvalue weighted by Crippen LogP contribution is -1.90. The summed E-state index contributed by atoms with van der Waals surface area (Å²) in [5, 5.41) is 0. The summed E-state index contributed by atoms with van der Waals surface area (Å²) in [7, 11) is 3.35. The van der Waals surface area contributed by atoms with Crippen molar-refractivity contribution in [3.05, 3.63) is 59.2 Å². The minimum absolute atomic E-state index is 0.608. The summed E-state index contributed by atoms with van der Waals surface area (Å²) in [6, 6.07) is 14.5. The van der Waals surface area contributed by atoms with Crippen molar-refractivity contribution in [2.75, 3.05) is 14.2 Å². The first-order valence-corrected chi connectivity index (χ1v) is 7.68. The first-order chi connectivity index (χ1) is 10.7. The molecule has 1 atom stereocenters. The van der Waals surface area contributed by atoms with Crippen LogP contribution in [0.2, 0.25) is 0 Å². The van der Waals surface area contributed by atoms with Gasteiger partial charge in [-0.3, -0.25) is 0 Å². The van der Waals surface area contributed by atoms with Crippen LogP contribution in [0.5, 0.6) is 11.5 Å². The molecule has 1 unspecified atom stereocenters. The van der Waals surface area contributed by atoms with E-state index in [0.717, 1.165) is 23.5 Å². The van der Waals surface area contributed by atoms with E-state index in [9.17, 15) is 0 Å². The maximum absolute atomic E-state index is 5.39. The second-order valence-electron chi connectivity index (χ2n) is 5.42. The Hall–Kier alpha value is -2.22. The highest BCUT2D eigenvalue weighted by Gasteiger charge is 2.03. The summed E-state index contributed by atoms with van der Waals surface area (Å²) >= 11 is 0. The molecule has 2 aromatic rings. The Morgan fingerprint density at radius 1 is 0.955 bits per heavy atom. The minimum Gasteiger partial charge on any atom is -0.497 e. The Morgan fingerprint density at radius 3 is 2.27 bits per heavy atom. The Bertz CT molecular complexity index is 627. The second kappa shape index (κ2) is 7.69. The Kier molecular flexibility index (Phi) is 5.65. The average molecular weight is 296 g/mol. The van der Waals surface area contributed by atoms with E-state index in [4.69, 9.17) is 9.47 Å². The van der Waals surface area contributed by atoms with Crippen molar-refractivity contribution in [3.8, 4) is 11.5 Å². The Balaban J connectivity index is 2.21. The molecule has 0 aromatic heterocycles. The third kappa shape index (κ3) is 3.91. The SMILES string of the molecule is CCC(C)c1ccc(/C=C/c2cc(OC)ccc2OC)cc1. The zero-order chi connectivity index (χ0) is 15.9. The highest BCUT2D eigenvalue weighted by Crippen LogP contribution is 2.26. The van der Waals surface area contributed by atoms with E-state index in [2.05, 4.69) is 50.3 Å². The van der Waals surface area contributed by atoms with E-state index < -0.39 is 0 Å². The summed E-state index contributed by atoms with van der Waals surface area (Å²) < 4.78 is 10.7. The standard InChI is InChI=1S/C20H24O2/c1-5-15(2)17-9-6-16(7-10-17)8-11-18-14-19(21-3)12-13-20(18)22-4/h6-15H,5H2,1-4H3/b11-8+. The highest BCUT2D eigenvalue weighted by molar-refractivity contribution is 5.73. The number of rotatable bonds is 6. The molecule has 2 aromatic carbocycles. The molecule has 0 bridgehead atoms. The number of hydrogen-bond donors (Lipinski definition) is 0. The van der Waals surface area contributed by atoms with Crippen LogP contribution in [0, 0.1) is 0 Å². The van der Waals surface area contributed by atoms with Gasteiger partial charge in [0.15, 0.2) is 0 Å². The molecule has 2 heteroatoms. The van der Waals surface area contributed by atoms with E-state index >= 15 is 0 Å². The van der Waals surface area contributed by atoms with Gasteiger partial charge in [0.05, 0.1) is 14.2 Å².